The Morgan fingerprint density at radius 3 is 2.58 bits per heavy atom. The molecule has 1 saturated heterocycles. The summed E-state index contributed by atoms with van der Waals surface area (Å²) >= 11 is 6.07. The van der Waals surface area contributed by atoms with Gasteiger partial charge in [0, 0.05) is 25.6 Å². The van der Waals surface area contributed by atoms with Gasteiger partial charge in [-0.15, -0.1) is 0 Å². The number of piperidine rings is 1. The lowest BCUT2D eigenvalue weighted by Gasteiger charge is -2.39. The van der Waals surface area contributed by atoms with Crippen LogP contribution in [0.2, 0.25) is 5.15 Å². The van der Waals surface area contributed by atoms with E-state index >= 15 is 0 Å². The van der Waals surface area contributed by atoms with Crippen LogP contribution >= 0.6 is 11.6 Å². The molecule has 0 aromatic carbocycles. The number of aryl methyl sites for hydroxylation is 1. The molecule has 0 bridgehead atoms. The fourth-order valence-corrected chi connectivity index (χ4v) is 3.89. The molecule has 2 fully saturated rings. The van der Waals surface area contributed by atoms with Gasteiger partial charge in [0.25, 0.3) is 5.56 Å². The van der Waals surface area contributed by atoms with Crippen molar-refractivity contribution < 1.29 is 9.90 Å². The maximum absolute atomic E-state index is 12.7. The van der Waals surface area contributed by atoms with E-state index in [1.165, 1.54) is 10.9 Å². The second kappa shape index (κ2) is 5.82. The zero-order chi connectivity index (χ0) is 18.7. The summed E-state index contributed by atoms with van der Waals surface area (Å²) in [5.74, 6) is 0.193. The number of likely N-dealkylation sites (tertiary alicyclic amines) is 1. The van der Waals surface area contributed by atoms with Crippen LogP contribution in [0.1, 0.15) is 32.6 Å². The highest BCUT2D eigenvalue weighted by atomic mass is 35.5. The Morgan fingerprint density at radius 1 is 1.31 bits per heavy atom. The Morgan fingerprint density at radius 2 is 1.96 bits per heavy atom. The number of aliphatic hydroxyl groups is 1. The van der Waals surface area contributed by atoms with E-state index in [0.29, 0.717) is 42.1 Å². The van der Waals surface area contributed by atoms with Crippen molar-refractivity contribution in [2.45, 2.75) is 44.8 Å². The molecule has 4 rings (SSSR count). The Bertz CT molecular complexity index is 936. The third-order valence-electron chi connectivity index (χ3n) is 5.92. The van der Waals surface area contributed by atoms with Gasteiger partial charge in [-0.3, -0.25) is 14.2 Å². The molecular weight excluding hydrogens is 356 g/mol. The molecule has 2 aromatic heterocycles. The summed E-state index contributed by atoms with van der Waals surface area (Å²) in [6, 6.07) is 1.60. The lowest BCUT2D eigenvalue weighted by atomic mass is 9.90. The van der Waals surface area contributed by atoms with Gasteiger partial charge in [-0.1, -0.05) is 18.5 Å². The van der Waals surface area contributed by atoms with Crippen LogP contribution in [0.3, 0.4) is 0 Å². The molecule has 1 saturated carbocycles. The number of amides is 1. The minimum absolute atomic E-state index is 0.167. The van der Waals surface area contributed by atoms with Crippen molar-refractivity contribution >= 4 is 28.5 Å². The third kappa shape index (κ3) is 2.83. The zero-order valence-corrected chi connectivity index (χ0v) is 15.8. The summed E-state index contributed by atoms with van der Waals surface area (Å²) in [5, 5.41) is 11.8. The first-order valence-corrected chi connectivity index (χ1v) is 9.32. The highest BCUT2D eigenvalue weighted by Crippen LogP contribution is 2.47. The lowest BCUT2D eigenvalue weighted by Crippen LogP contribution is -2.51. The number of carbonyl (C=O) groups is 1. The molecule has 3 heterocycles. The van der Waals surface area contributed by atoms with E-state index in [1.807, 2.05) is 11.8 Å². The van der Waals surface area contributed by atoms with Crippen molar-refractivity contribution in [2.75, 3.05) is 13.1 Å². The number of fused-ring (bicyclic) bond motifs is 1. The normalized spacial score (nSPS) is 21.2. The van der Waals surface area contributed by atoms with Crippen molar-refractivity contribution in [1.82, 2.24) is 19.0 Å². The van der Waals surface area contributed by atoms with E-state index in [4.69, 9.17) is 11.6 Å². The van der Waals surface area contributed by atoms with E-state index in [2.05, 4.69) is 4.98 Å². The largest absolute Gasteiger partial charge is 0.388 e. The van der Waals surface area contributed by atoms with Gasteiger partial charge in [-0.25, -0.2) is 4.98 Å². The van der Waals surface area contributed by atoms with Crippen LogP contribution in [-0.4, -0.2) is 48.7 Å². The summed E-state index contributed by atoms with van der Waals surface area (Å²) in [5.41, 5.74) is -0.885. The molecule has 0 spiro atoms. The Balaban J connectivity index is 1.51. The second-order valence-corrected chi connectivity index (χ2v) is 8.41. The van der Waals surface area contributed by atoms with Crippen LogP contribution in [0.25, 0.3) is 11.0 Å². The fraction of sp³-hybridized carbons (Fsp3) is 0.611. The van der Waals surface area contributed by atoms with Gasteiger partial charge < -0.3 is 14.6 Å². The molecule has 1 N–H and O–H groups in total. The molecule has 0 atom stereocenters. The number of carbonyl (C=O) groups excluding carboxylic acids is 1. The van der Waals surface area contributed by atoms with Crippen molar-refractivity contribution in [3.05, 3.63) is 27.9 Å². The summed E-state index contributed by atoms with van der Waals surface area (Å²) in [6.07, 6.45) is 4.27. The van der Waals surface area contributed by atoms with Gasteiger partial charge in [-0.2, -0.15) is 0 Å². The standard InChI is InChI=1S/C18H23ClN4O3/c1-17(3-4-17)16(25)22-7-5-18(26,6-8-22)10-23-11-20-14-12(15(23)24)9-13(19)21(14)2/h9,11,26H,3-8,10H2,1-2H3. The third-order valence-corrected chi connectivity index (χ3v) is 6.28. The summed E-state index contributed by atoms with van der Waals surface area (Å²) in [4.78, 5) is 31.3. The average molecular weight is 379 g/mol. The maximum atomic E-state index is 12.7. The van der Waals surface area contributed by atoms with Crippen LogP contribution in [0, 0.1) is 5.41 Å². The van der Waals surface area contributed by atoms with Gasteiger partial charge in [0.05, 0.1) is 17.5 Å². The smallest absolute Gasteiger partial charge is 0.262 e. The van der Waals surface area contributed by atoms with Gasteiger partial charge in [0.1, 0.15) is 17.1 Å². The second-order valence-electron chi connectivity index (χ2n) is 8.02. The Labute approximate surface area is 156 Å². The molecule has 2 aliphatic rings. The minimum Gasteiger partial charge on any atom is -0.388 e. The molecule has 1 amide bonds. The topological polar surface area (TPSA) is 80.4 Å². The number of halogens is 1. The van der Waals surface area contributed by atoms with Crippen LogP contribution in [0.15, 0.2) is 17.2 Å². The summed E-state index contributed by atoms with van der Waals surface area (Å²) in [7, 11) is 1.75. The molecule has 26 heavy (non-hydrogen) atoms. The predicted molar refractivity (Wildman–Crippen MR) is 98.1 cm³/mol. The number of hydrogen-bond acceptors (Lipinski definition) is 4. The van der Waals surface area contributed by atoms with Gasteiger partial charge in [0.15, 0.2) is 0 Å². The number of hydrogen-bond donors (Lipinski definition) is 1. The van der Waals surface area contributed by atoms with E-state index in [1.54, 1.807) is 17.7 Å². The summed E-state index contributed by atoms with van der Waals surface area (Å²) in [6.45, 7) is 3.21. The molecule has 0 unspecified atom stereocenters. The van der Waals surface area contributed by atoms with Gasteiger partial charge in [-0.05, 0) is 31.7 Å². The zero-order valence-electron chi connectivity index (χ0n) is 15.0. The van der Waals surface area contributed by atoms with E-state index in [-0.39, 0.29) is 23.4 Å². The van der Waals surface area contributed by atoms with Crippen LogP contribution in [-0.2, 0) is 18.4 Å². The number of nitrogens with zero attached hydrogens (tertiary/aromatic N) is 4. The average Bonchev–Trinajstić information content (AvgIpc) is 3.29. The van der Waals surface area contributed by atoms with Crippen molar-refractivity contribution in [3.63, 3.8) is 0 Å². The number of aromatic nitrogens is 3. The monoisotopic (exact) mass is 378 g/mol. The SMILES string of the molecule is Cn1c(Cl)cc2c(=O)n(CC3(O)CCN(C(=O)C4(C)CC4)CC3)cnc21. The van der Waals surface area contributed by atoms with Crippen molar-refractivity contribution in [1.29, 1.82) is 0 Å². The first-order chi connectivity index (χ1) is 12.2. The van der Waals surface area contributed by atoms with Crippen molar-refractivity contribution in [3.8, 4) is 0 Å². The summed E-state index contributed by atoms with van der Waals surface area (Å²) < 4.78 is 3.10. The molecular formula is C18H23ClN4O3. The van der Waals surface area contributed by atoms with Gasteiger partial charge in [0.2, 0.25) is 5.91 Å². The highest BCUT2D eigenvalue weighted by Gasteiger charge is 2.48. The Kier molecular flexibility index (Phi) is 3.93. The minimum atomic E-state index is -1.01. The lowest BCUT2D eigenvalue weighted by molar-refractivity contribution is -0.141. The first kappa shape index (κ1) is 17.5. The molecule has 1 aliphatic heterocycles. The molecule has 140 valence electrons. The molecule has 7 nitrogen and oxygen atoms in total. The number of rotatable bonds is 3. The molecule has 8 heteroatoms. The van der Waals surface area contributed by atoms with Crippen LogP contribution in [0.4, 0.5) is 0 Å². The predicted octanol–water partition coefficient (Wildman–Crippen LogP) is 1.54. The Hall–Kier alpha value is -1.86. The molecule has 0 radical (unpaired) electrons. The van der Waals surface area contributed by atoms with Crippen LogP contribution in [0.5, 0.6) is 0 Å². The van der Waals surface area contributed by atoms with Crippen LogP contribution < -0.4 is 5.56 Å². The fourth-order valence-electron chi connectivity index (χ4n) is 3.70. The molecule has 1 aliphatic carbocycles. The highest BCUT2D eigenvalue weighted by molar-refractivity contribution is 6.30. The molecule has 2 aromatic rings. The maximum Gasteiger partial charge on any atom is 0.262 e. The van der Waals surface area contributed by atoms with Crippen molar-refractivity contribution in [2.24, 2.45) is 12.5 Å². The van der Waals surface area contributed by atoms with E-state index in [0.717, 1.165) is 12.8 Å². The van der Waals surface area contributed by atoms with Gasteiger partial charge >= 0.3 is 0 Å². The van der Waals surface area contributed by atoms with E-state index in [9.17, 15) is 14.7 Å². The first-order valence-electron chi connectivity index (χ1n) is 8.95. The van der Waals surface area contributed by atoms with E-state index < -0.39 is 5.60 Å². The quantitative estimate of drug-likeness (QED) is 0.878.